The Kier molecular flexibility index (Phi) is 3.52. The lowest BCUT2D eigenvalue weighted by atomic mass is 10.1. The van der Waals surface area contributed by atoms with Crippen LogP contribution in [0.2, 0.25) is 0 Å². The zero-order valence-electron chi connectivity index (χ0n) is 9.43. The fraction of sp³-hybridized carbons (Fsp3) is 0.0769. The van der Waals surface area contributed by atoms with Crippen LogP contribution < -0.4 is 5.32 Å². The average molecular weight is 246 g/mol. The van der Waals surface area contributed by atoms with Crippen molar-refractivity contribution >= 4 is 11.7 Å². The monoisotopic (exact) mass is 246 g/mol. The molecule has 0 radical (unpaired) electrons. The second kappa shape index (κ2) is 5.27. The number of halogens is 1. The molecule has 2 rings (SSSR count). The van der Waals surface area contributed by atoms with Gasteiger partial charge in [0.2, 0.25) is 5.91 Å². The van der Waals surface area contributed by atoms with Gasteiger partial charge < -0.3 is 10.4 Å². The number of carbonyl (C=O) groups excluding carboxylic acids is 1. The minimum Gasteiger partial charge on any atom is -0.504 e. The van der Waals surface area contributed by atoms with Gasteiger partial charge >= 0.3 is 0 Å². The van der Waals surface area contributed by atoms with Crippen LogP contribution >= 0.6 is 0 Å². The molecule has 0 saturated carbocycles. The molecule has 0 aliphatic rings. The molecule has 2 aromatic rings. The van der Waals surface area contributed by atoms with Gasteiger partial charge in [-0.25, -0.2) is 9.37 Å². The lowest BCUT2D eigenvalue weighted by Crippen LogP contribution is -2.15. The van der Waals surface area contributed by atoms with Crippen LogP contribution in [0.1, 0.15) is 5.56 Å². The van der Waals surface area contributed by atoms with Crippen molar-refractivity contribution in [2.75, 3.05) is 5.32 Å². The van der Waals surface area contributed by atoms with Crippen molar-refractivity contribution < 1.29 is 14.3 Å². The zero-order chi connectivity index (χ0) is 13.0. The highest BCUT2D eigenvalue weighted by molar-refractivity contribution is 5.92. The van der Waals surface area contributed by atoms with E-state index in [1.807, 2.05) is 0 Å². The minimum atomic E-state index is -0.346. The van der Waals surface area contributed by atoms with E-state index in [0.29, 0.717) is 5.56 Å². The maximum atomic E-state index is 12.7. The molecule has 0 atom stereocenters. The van der Waals surface area contributed by atoms with Crippen LogP contribution in [0.5, 0.6) is 5.75 Å². The Balaban J connectivity index is 2.01. The highest BCUT2D eigenvalue weighted by atomic mass is 19.1. The fourth-order valence-electron chi connectivity index (χ4n) is 1.46. The normalized spacial score (nSPS) is 10.1. The highest BCUT2D eigenvalue weighted by Gasteiger charge is 2.07. The molecule has 1 aromatic heterocycles. The summed E-state index contributed by atoms with van der Waals surface area (Å²) in [7, 11) is 0. The Hall–Kier alpha value is -2.43. The Morgan fingerprint density at radius 3 is 2.67 bits per heavy atom. The SMILES string of the molecule is O=C(Cc1ccc(F)cc1)Nc1ncccc1O. The summed E-state index contributed by atoms with van der Waals surface area (Å²) in [6.07, 6.45) is 1.56. The molecule has 2 N–H and O–H groups in total. The molecule has 0 unspecified atom stereocenters. The molecule has 0 aliphatic heterocycles. The van der Waals surface area contributed by atoms with Gasteiger partial charge in [0.1, 0.15) is 5.82 Å². The van der Waals surface area contributed by atoms with E-state index < -0.39 is 0 Å². The van der Waals surface area contributed by atoms with Gasteiger partial charge in [0, 0.05) is 6.20 Å². The van der Waals surface area contributed by atoms with Gasteiger partial charge in [-0.15, -0.1) is 0 Å². The third-order valence-electron chi connectivity index (χ3n) is 2.32. The van der Waals surface area contributed by atoms with Crippen molar-refractivity contribution in [2.24, 2.45) is 0 Å². The van der Waals surface area contributed by atoms with Crippen molar-refractivity contribution in [3.05, 3.63) is 54.0 Å². The summed E-state index contributed by atoms with van der Waals surface area (Å²) in [6, 6.07) is 8.65. The van der Waals surface area contributed by atoms with Crippen molar-refractivity contribution in [3.63, 3.8) is 0 Å². The number of pyridine rings is 1. The molecule has 0 spiro atoms. The van der Waals surface area contributed by atoms with Gasteiger partial charge in [0.25, 0.3) is 0 Å². The Bertz CT molecular complexity index is 555. The van der Waals surface area contributed by atoms with E-state index in [4.69, 9.17) is 0 Å². The first kappa shape index (κ1) is 12.0. The summed E-state index contributed by atoms with van der Waals surface area (Å²) in [5.41, 5.74) is 0.685. The smallest absolute Gasteiger partial charge is 0.230 e. The van der Waals surface area contributed by atoms with Crippen LogP contribution in [0.4, 0.5) is 10.2 Å². The maximum absolute atomic E-state index is 12.7. The van der Waals surface area contributed by atoms with Gasteiger partial charge in [-0.2, -0.15) is 0 Å². The Labute approximate surface area is 103 Å². The number of rotatable bonds is 3. The number of amides is 1. The zero-order valence-corrected chi connectivity index (χ0v) is 9.43. The van der Waals surface area contributed by atoms with Crippen molar-refractivity contribution in [2.45, 2.75) is 6.42 Å². The predicted molar refractivity (Wildman–Crippen MR) is 64.6 cm³/mol. The van der Waals surface area contributed by atoms with Crippen molar-refractivity contribution in [1.82, 2.24) is 4.98 Å². The predicted octanol–water partition coefficient (Wildman–Crippen LogP) is 2.11. The molecule has 0 fully saturated rings. The maximum Gasteiger partial charge on any atom is 0.230 e. The lowest BCUT2D eigenvalue weighted by molar-refractivity contribution is -0.115. The number of benzene rings is 1. The standard InChI is InChI=1S/C13H11FN2O2/c14-10-5-3-9(4-6-10)8-12(18)16-13-11(17)2-1-7-15-13/h1-7,17H,8H2,(H,15,16,18). The fourth-order valence-corrected chi connectivity index (χ4v) is 1.46. The second-order valence-electron chi connectivity index (χ2n) is 3.72. The summed E-state index contributed by atoms with van der Waals surface area (Å²) in [4.78, 5) is 15.5. The molecule has 92 valence electrons. The Morgan fingerprint density at radius 1 is 1.28 bits per heavy atom. The van der Waals surface area contributed by atoms with E-state index in [9.17, 15) is 14.3 Å². The van der Waals surface area contributed by atoms with Gasteiger partial charge in [-0.1, -0.05) is 12.1 Å². The van der Waals surface area contributed by atoms with E-state index in [2.05, 4.69) is 10.3 Å². The van der Waals surface area contributed by atoms with Crippen molar-refractivity contribution in [1.29, 1.82) is 0 Å². The van der Waals surface area contributed by atoms with E-state index in [1.165, 1.54) is 36.5 Å². The van der Waals surface area contributed by atoms with Gasteiger partial charge in [-0.05, 0) is 29.8 Å². The van der Waals surface area contributed by atoms with Crippen LogP contribution in [-0.2, 0) is 11.2 Å². The molecule has 1 amide bonds. The summed E-state index contributed by atoms with van der Waals surface area (Å²) in [6.45, 7) is 0. The molecule has 0 aliphatic carbocycles. The quantitative estimate of drug-likeness (QED) is 0.871. The van der Waals surface area contributed by atoms with Crippen LogP contribution in [0.15, 0.2) is 42.6 Å². The summed E-state index contributed by atoms with van der Waals surface area (Å²) in [5.74, 6) is -0.647. The molecular weight excluding hydrogens is 235 g/mol. The summed E-state index contributed by atoms with van der Waals surface area (Å²) < 4.78 is 12.7. The summed E-state index contributed by atoms with van der Waals surface area (Å²) in [5, 5.41) is 11.9. The molecule has 0 saturated heterocycles. The molecule has 4 nitrogen and oxygen atoms in total. The molecule has 1 aromatic carbocycles. The third-order valence-corrected chi connectivity index (χ3v) is 2.32. The van der Waals surface area contributed by atoms with Crippen LogP contribution in [0.3, 0.4) is 0 Å². The minimum absolute atomic E-state index is 0.0926. The number of carbonyl (C=O) groups is 1. The highest BCUT2D eigenvalue weighted by Crippen LogP contribution is 2.18. The van der Waals surface area contributed by atoms with E-state index in [0.717, 1.165) is 0 Å². The van der Waals surface area contributed by atoms with E-state index >= 15 is 0 Å². The molecule has 1 heterocycles. The first-order chi connectivity index (χ1) is 8.65. The number of nitrogens with one attached hydrogen (secondary N) is 1. The number of nitrogens with zero attached hydrogens (tertiary/aromatic N) is 1. The summed E-state index contributed by atoms with van der Waals surface area (Å²) >= 11 is 0. The first-order valence-electron chi connectivity index (χ1n) is 5.33. The van der Waals surface area contributed by atoms with E-state index in [1.54, 1.807) is 6.07 Å². The van der Waals surface area contributed by atoms with Gasteiger partial charge in [0.15, 0.2) is 11.6 Å². The second-order valence-corrected chi connectivity index (χ2v) is 3.72. The van der Waals surface area contributed by atoms with Gasteiger partial charge in [-0.3, -0.25) is 4.79 Å². The van der Waals surface area contributed by atoms with Crippen LogP contribution in [0.25, 0.3) is 0 Å². The molecular formula is C13H11FN2O2. The number of hydrogen-bond acceptors (Lipinski definition) is 3. The Morgan fingerprint density at radius 2 is 2.00 bits per heavy atom. The molecule has 5 heteroatoms. The third kappa shape index (κ3) is 3.04. The molecule has 18 heavy (non-hydrogen) atoms. The first-order valence-corrected chi connectivity index (χ1v) is 5.33. The number of anilines is 1. The topological polar surface area (TPSA) is 62.2 Å². The number of aromatic nitrogens is 1. The number of aromatic hydroxyl groups is 1. The van der Waals surface area contributed by atoms with E-state index in [-0.39, 0.29) is 29.7 Å². The van der Waals surface area contributed by atoms with Crippen molar-refractivity contribution in [3.8, 4) is 5.75 Å². The average Bonchev–Trinajstić information content (AvgIpc) is 2.35. The van der Waals surface area contributed by atoms with Crippen LogP contribution in [0, 0.1) is 5.82 Å². The number of hydrogen-bond donors (Lipinski definition) is 2. The molecule has 0 bridgehead atoms. The van der Waals surface area contributed by atoms with Gasteiger partial charge in [0.05, 0.1) is 6.42 Å². The largest absolute Gasteiger partial charge is 0.504 e. The lowest BCUT2D eigenvalue weighted by Gasteiger charge is -2.05. The van der Waals surface area contributed by atoms with Crippen LogP contribution in [-0.4, -0.2) is 16.0 Å².